The van der Waals surface area contributed by atoms with Crippen LogP contribution in [-0.2, 0) is 26.1 Å². The molecule has 0 aliphatic carbocycles. The number of thiophene rings is 1. The Hall–Kier alpha value is -2.61. The standard InChI is InChI=1S/C17H22N6OS/c1-2-16-22-21-13-23(16)8-7-18-17(19-11-14-5-3-9-24-14)20-12-15-6-4-10-25-15/h3-6,9-10,13H,2,7-8,11-12H2,1H3,(H2,18,19,20). The molecule has 2 N–H and O–H groups in total. The fourth-order valence-corrected chi connectivity index (χ4v) is 3.00. The molecule has 0 saturated heterocycles. The summed E-state index contributed by atoms with van der Waals surface area (Å²) < 4.78 is 7.40. The topological polar surface area (TPSA) is 80.3 Å². The zero-order valence-electron chi connectivity index (χ0n) is 14.2. The van der Waals surface area contributed by atoms with Crippen LogP contribution in [0.1, 0.15) is 23.4 Å². The lowest BCUT2D eigenvalue weighted by Crippen LogP contribution is -2.38. The van der Waals surface area contributed by atoms with Gasteiger partial charge in [-0.25, -0.2) is 4.99 Å². The third-order valence-corrected chi connectivity index (χ3v) is 4.52. The van der Waals surface area contributed by atoms with Gasteiger partial charge in [-0.2, -0.15) is 0 Å². The largest absolute Gasteiger partial charge is 0.467 e. The Morgan fingerprint density at radius 1 is 1.32 bits per heavy atom. The van der Waals surface area contributed by atoms with E-state index in [1.807, 2.05) is 18.2 Å². The van der Waals surface area contributed by atoms with Gasteiger partial charge in [0.2, 0.25) is 0 Å². The third kappa shape index (κ3) is 5.18. The summed E-state index contributed by atoms with van der Waals surface area (Å²) in [6.07, 6.45) is 4.30. The fourth-order valence-electron chi connectivity index (χ4n) is 2.35. The van der Waals surface area contributed by atoms with E-state index in [1.165, 1.54) is 4.88 Å². The predicted molar refractivity (Wildman–Crippen MR) is 98.4 cm³/mol. The molecule has 0 aliphatic heterocycles. The van der Waals surface area contributed by atoms with Crippen LogP contribution >= 0.6 is 11.3 Å². The molecular weight excluding hydrogens is 336 g/mol. The number of guanidine groups is 1. The minimum atomic E-state index is 0.500. The van der Waals surface area contributed by atoms with Gasteiger partial charge in [0.15, 0.2) is 5.96 Å². The Morgan fingerprint density at radius 3 is 3.04 bits per heavy atom. The smallest absolute Gasteiger partial charge is 0.192 e. The highest BCUT2D eigenvalue weighted by Gasteiger charge is 2.04. The molecular formula is C17H22N6OS. The third-order valence-electron chi connectivity index (χ3n) is 3.64. The maximum absolute atomic E-state index is 5.35. The summed E-state index contributed by atoms with van der Waals surface area (Å²) in [6.45, 7) is 4.84. The highest BCUT2D eigenvalue weighted by Crippen LogP contribution is 2.07. The first kappa shape index (κ1) is 17.2. The minimum Gasteiger partial charge on any atom is -0.467 e. The summed E-state index contributed by atoms with van der Waals surface area (Å²) in [7, 11) is 0. The molecule has 8 heteroatoms. The van der Waals surface area contributed by atoms with Crippen LogP contribution in [0.3, 0.4) is 0 Å². The number of aliphatic imine (C=N–C) groups is 1. The van der Waals surface area contributed by atoms with Gasteiger partial charge < -0.3 is 19.6 Å². The van der Waals surface area contributed by atoms with E-state index in [4.69, 9.17) is 4.42 Å². The molecule has 3 rings (SSSR count). The van der Waals surface area contributed by atoms with Crippen molar-refractivity contribution in [1.29, 1.82) is 0 Å². The zero-order valence-corrected chi connectivity index (χ0v) is 15.0. The molecule has 0 fully saturated rings. The lowest BCUT2D eigenvalue weighted by molar-refractivity contribution is 0.511. The van der Waals surface area contributed by atoms with Gasteiger partial charge in [-0.1, -0.05) is 13.0 Å². The molecule has 0 aliphatic rings. The van der Waals surface area contributed by atoms with Gasteiger partial charge in [0, 0.05) is 24.4 Å². The van der Waals surface area contributed by atoms with Gasteiger partial charge >= 0.3 is 0 Å². The molecule has 3 aromatic heterocycles. The van der Waals surface area contributed by atoms with Gasteiger partial charge in [-0.3, -0.25) is 0 Å². The van der Waals surface area contributed by atoms with Gasteiger partial charge in [0.1, 0.15) is 24.5 Å². The molecule has 0 atom stereocenters. The summed E-state index contributed by atoms with van der Waals surface area (Å²) in [5.41, 5.74) is 0. The van der Waals surface area contributed by atoms with Crippen LogP contribution in [0.4, 0.5) is 0 Å². The molecule has 0 saturated carbocycles. The average molecular weight is 358 g/mol. The van der Waals surface area contributed by atoms with Gasteiger partial charge in [-0.05, 0) is 23.6 Å². The van der Waals surface area contributed by atoms with Crippen molar-refractivity contribution in [3.8, 4) is 0 Å². The maximum Gasteiger partial charge on any atom is 0.192 e. The van der Waals surface area contributed by atoms with E-state index in [9.17, 15) is 0 Å². The van der Waals surface area contributed by atoms with E-state index in [1.54, 1.807) is 23.9 Å². The van der Waals surface area contributed by atoms with E-state index >= 15 is 0 Å². The number of nitrogens with one attached hydrogen (secondary N) is 2. The second-order valence-corrected chi connectivity index (χ2v) is 6.43. The molecule has 0 bridgehead atoms. The lowest BCUT2D eigenvalue weighted by Gasteiger charge is -2.12. The lowest BCUT2D eigenvalue weighted by atomic mass is 10.4. The highest BCUT2D eigenvalue weighted by atomic mass is 32.1. The highest BCUT2D eigenvalue weighted by molar-refractivity contribution is 7.09. The van der Waals surface area contributed by atoms with Gasteiger partial charge in [-0.15, -0.1) is 21.5 Å². The quantitative estimate of drug-likeness (QED) is 0.477. The Labute approximate surface area is 150 Å². The van der Waals surface area contributed by atoms with Crippen LogP contribution in [0.15, 0.2) is 51.6 Å². The fraction of sp³-hybridized carbons (Fsp3) is 0.353. The summed E-state index contributed by atoms with van der Waals surface area (Å²) in [5.74, 6) is 2.59. The van der Waals surface area contributed by atoms with Crippen molar-refractivity contribution < 1.29 is 4.42 Å². The molecule has 0 aromatic carbocycles. The van der Waals surface area contributed by atoms with Crippen molar-refractivity contribution in [2.45, 2.75) is 33.0 Å². The first-order valence-corrected chi connectivity index (χ1v) is 9.16. The molecule has 3 heterocycles. The molecule has 3 aromatic rings. The number of nitrogens with zero attached hydrogens (tertiary/aromatic N) is 4. The van der Waals surface area contributed by atoms with E-state index in [0.717, 1.165) is 43.6 Å². The number of rotatable bonds is 8. The molecule has 132 valence electrons. The molecule has 25 heavy (non-hydrogen) atoms. The van der Waals surface area contributed by atoms with Crippen molar-refractivity contribution in [2.75, 3.05) is 6.54 Å². The number of hydrogen-bond acceptors (Lipinski definition) is 5. The Kier molecular flexibility index (Phi) is 6.22. The molecule has 0 spiro atoms. The second kappa shape index (κ2) is 9.03. The van der Waals surface area contributed by atoms with E-state index in [-0.39, 0.29) is 0 Å². The summed E-state index contributed by atoms with van der Waals surface area (Å²) in [6, 6.07) is 7.94. The second-order valence-electron chi connectivity index (χ2n) is 5.40. The number of hydrogen-bond donors (Lipinski definition) is 2. The van der Waals surface area contributed by atoms with Crippen LogP contribution < -0.4 is 10.6 Å². The van der Waals surface area contributed by atoms with Crippen LogP contribution in [-0.4, -0.2) is 27.3 Å². The van der Waals surface area contributed by atoms with Crippen molar-refractivity contribution in [3.05, 3.63) is 58.7 Å². The molecule has 0 radical (unpaired) electrons. The average Bonchev–Trinajstić information content (AvgIpc) is 3.39. The predicted octanol–water partition coefficient (Wildman–Crippen LogP) is 2.43. The van der Waals surface area contributed by atoms with Crippen molar-refractivity contribution in [3.63, 3.8) is 0 Å². The van der Waals surface area contributed by atoms with Crippen molar-refractivity contribution in [2.24, 2.45) is 4.99 Å². The molecule has 0 amide bonds. The number of aromatic nitrogens is 3. The van der Waals surface area contributed by atoms with Crippen LogP contribution in [0.5, 0.6) is 0 Å². The first-order chi connectivity index (χ1) is 12.3. The Bertz CT molecular complexity index is 763. The summed E-state index contributed by atoms with van der Waals surface area (Å²) >= 11 is 1.72. The van der Waals surface area contributed by atoms with Crippen molar-refractivity contribution >= 4 is 17.3 Å². The summed E-state index contributed by atoms with van der Waals surface area (Å²) in [5, 5.41) is 16.9. The summed E-state index contributed by atoms with van der Waals surface area (Å²) in [4.78, 5) is 5.86. The monoisotopic (exact) mass is 358 g/mol. The van der Waals surface area contributed by atoms with Crippen LogP contribution in [0.2, 0.25) is 0 Å². The zero-order chi connectivity index (χ0) is 17.3. The Morgan fingerprint density at radius 2 is 2.28 bits per heavy atom. The molecule has 7 nitrogen and oxygen atoms in total. The Balaban J connectivity index is 1.56. The van der Waals surface area contributed by atoms with E-state index in [2.05, 4.69) is 48.8 Å². The minimum absolute atomic E-state index is 0.500. The number of aryl methyl sites for hydroxylation is 1. The van der Waals surface area contributed by atoms with E-state index < -0.39 is 0 Å². The van der Waals surface area contributed by atoms with Crippen LogP contribution in [0.25, 0.3) is 0 Å². The van der Waals surface area contributed by atoms with Crippen LogP contribution in [0, 0.1) is 0 Å². The van der Waals surface area contributed by atoms with Gasteiger partial charge in [0.25, 0.3) is 0 Å². The first-order valence-electron chi connectivity index (χ1n) is 8.28. The number of furan rings is 1. The normalized spacial score (nSPS) is 11.6. The SMILES string of the molecule is CCc1nncn1CCNC(=NCc1ccco1)NCc1cccs1. The molecule has 0 unspecified atom stereocenters. The maximum atomic E-state index is 5.35. The van der Waals surface area contributed by atoms with Crippen molar-refractivity contribution in [1.82, 2.24) is 25.4 Å². The van der Waals surface area contributed by atoms with E-state index in [0.29, 0.717) is 6.54 Å². The van der Waals surface area contributed by atoms with Gasteiger partial charge in [0.05, 0.1) is 12.8 Å².